The lowest BCUT2D eigenvalue weighted by Crippen LogP contribution is -2.35. The van der Waals surface area contributed by atoms with E-state index in [4.69, 9.17) is 4.74 Å². The molecule has 1 N–H and O–H groups in total. The lowest BCUT2D eigenvalue weighted by atomic mass is 9.89. The number of hydrogen-bond donors (Lipinski definition) is 1. The van der Waals surface area contributed by atoms with Crippen LogP contribution in [0.2, 0.25) is 0 Å². The van der Waals surface area contributed by atoms with Crippen LogP contribution < -0.4 is 5.32 Å². The van der Waals surface area contributed by atoms with Crippen LogP contribution in [0, 0.1) is 17.6 Å². The predicted octanol–water partition coefficient (Wildman–Crippen LogP) is 3.43. The molecule has 0 aliphatic carbocycles. The van der Waals surface area contributed by atoms with Gasteiger partial charge in [0, 0.05) is 36.7 Å². The summed E-state index contributed by atoms with van der Waals surface area (Å²) in [5.41, 5.74) is 0.469. The molecular formula is C15H21F2NO. The highest BCUT2D eigenvalue weighted by molar-refractivity contribution is 5.22. The number of ether oxygens (including phenoxy) is 1. The van der Waals surface area contributed by atoms with Gasteiger partial charge in [-0.2, -0.15) is 0 Å². The first-order valence-electron chi connectivity index (χ1n) is 6.88. The third-order valence-corrected chi connectivity index (χ3v) is 3.50. The van der Waals surface area contributed by atoms with Crippen molar-refractivity contribution in [2.75, 3.05) is 13.2 Å². The normalized spacial score (nSPS) is 23.8. The largest absolute Gasteiger partial charge is 0.373 e. The predicted molar refractivity (Wildman–Crippen MR) is 70.9 cm³/mol. The number of nitrogens with one attached hydrogen (secondary N) is 1. The van der Waals surface area contributed by atoms with E-state index in [2.05, 4.69) is 19.2 Å². The lowest BCUT2D eigenvalue weighted by Gasteiger charge is -2.33. The van der Waals surface area contributed by atoms with Crippen LogP contribution in [0.3, 0.4) is 0 Å². The Labute approximate surface area is 113 Å². The average Bonchev–Trinajstić information content (AvgIpc) is 2.37. The van der Waals surface area contributed by atoms with Gasteiger partial charge in [-0.25, -0.2) is 8.78 Å². The van der Waals surface area contributed by atoms with Gasteiger partial charge in [0.25, 0.3) is 0 Å². The van der Waals surface area contributed by atoms with Gasteiger partial charge in [0.2, 0.25) is 0 Å². The van der Waals surface area contributed by atoms with Crippen molar-refractivity contribution in [1.82, 2.24) is 5.32 Å². The molecule has 1 aromatic carbocycles. The molecule has 0 bridgehead atoms. The molecule has 2 nitrogen and oxygen atoms in total. The second-order valence-electron chi connectivity index (χ2n) is 5.42. The molecule has 2 atom stereocenters. The van der Waals surface area contributed by atoms with Crippen LogP contribution in [0.1, 0.15) is 38.4 Å². The second kappa shape index (κ2) is 6.44. The Morgan fingerprint density at radius 1 is 1.37 bits per heavy atom. The maximum atomic E-state index is 13.9. The SMILES string of the molecule is CC(C)NCC1CCCOC1c1ccc(F)cc1F. The minimum absolute atomic E-state index is 0.233. The van der Waals surface area contributed by atoms with E-state index in [0.29, 0.717) is 18.2 Å². The van der Waals surface area contributed by atoms with E-state index in [-0.39, 0.29) is 12.0 Å². The summed E-state index contributed by atoms with van der Waals surface area (Å²) in [7, 11) is 0. The quantitative estimate of drug-likeness (QED) is 0.904. The van der Waals surface area contributed by atoms with E-state index < -0.39 is 11.6 Å². The Morgan fingerprint density at radius 3 is 2.84 bits per heavy atom. The Kier molecular flexibility index (Phi) is 4.88. The van der Waals surface area contributed by atoms with Crippen molar-refractivity contribution in [3.05, 3.63) is 35.4 Å². The highest BCUT2D eigenvalue weighted by Gasteiger charge is 2.29. The van der Waals surface area contributed by atoms with Crippen LogP contribution in [0.5, 0.6) is 0 Å². The van der Waals surface area contributed by atoms with Crippen molar-refractivity contribution in [2.45, 2.75) is 38.8 Å². The van der Waals surface area contributed by atoms with Gasteiger partial charge in [-0.15, -0.1) is 0 Å². The van der Waals surface area contributed by atoms with Crippen LogP contribution >= 0.6 is 0 Å². The highest BCUT2D eigenvalue weighted by Crippen LogP contribution is 2.34. The molecule has 0 spiro atoms. The molecular weight excluding hydrogens is 248 g/mol. The summed E-state index contributed by atoms with van der Waals surface area (Å²) in [4.78, 5) is 0. The molecule has 4 heteroatoms. The van der Waals surface area contributed by atoms with Gasteiger partial charge < -0.3 is 10.1 Å². The van der Waals surface area contributed by atoms with Gasteiger partial charge in [-0.1, -0.05) is 19.9 Å². The summed E-state index contributed by atoms with van der Waals surface area (Å²) in [5, 5.41) is 3.37. The molecule has 1 aliphatic heterocycles. The van der Waals surface area contributed by atoms with E-state index in [0.717, 1.165) is 25.5 Å². The molecule has 1 heterocycles. The topological polar surface area (TPSA) is 21.3 Å². The van der Waals surface area contributed by atoms with Gasteiger partial charge in [-0.3, -0.25) is 0 Å². The summed E-state index contributed by atoms with van der Waals surface area (Å²) in [6, 6.07) is 4.12. The molecule has 106 valence electrons. The van der Waals surface area contributed by atoms with Gasteiger partial charge >= 0.3 is 0 Å². The minimum Gasteiger partial charge on any atom is -0.373 e. The molecule has 2 unspecified atom stereocenters. The zero-order valence-electron chi connectivity index (χ0n) is 11.5. The van der Waals surface area contributed by atoms with Crippen molar-refractivity contribution >= 4 is 0 Å². The first-order chi connectivity index (χ1) is 9.08. The number of halogens is 2. The minimum atomic E-state index is -0.547. The monoisotopic (exact) mass is 269 g/mol. The van der Waals surface area contributed by atoms with Crippen molar-refractivity contribution in [2.24, 2.45) is 5.92 Å². The maximum Gasteiger partial charge on any atom is 0.131 e. The van der Waals surface area contributed by atoms with Crippen LogP contribution in [-0.2, 0) is 4.74 Å². The van der Waals surface area contributed by atoms with Gasteiger partial charge in [-0.05, 0) is 18.9 Å². The van der Waals surface area contributed by atoms with E-state index >= 15 is 0 Å². The highest BCUT2D eigenvalue weighted by atomic mass is 19.1. The Hall–Kier alpha value is -1.00. The second-order valence-corrected chi connectivity index (χ2v) is 5.42. The molecule has 0 saturated carbocycles. The first-order valence-corrected chi connectivity index (χ1v) is 6.88. The van der Waals surface area contributed by atoms with E-state index in [9.17, 15) is 8.78 Å². The molecule has 0 amide bonds. The summed E-state index contributed by atoms with van der Waals surface area (Å²) in [5.74, 6) is -0.827. The van der Waals surface area contributed by atoms with E-state index in [1.54, 1.807) is 0 Å². The number of hydrogen-bond acceptors (Lipinski definition) is 2. The molecule has 0 aromatic heterocycles. The smallest absolute Gasteiger partial charge is 0.131 e. The van der Waals surface area contributed by atoms with E-state index in [1.807, 2.05) is 0 Å². The van der Waals surface area contributed by atoms with Crippen molar-refractivity contribution in [3.63, 3.8) is 0 Å². The average molecular weight is 269 g/mol. The fraction of sp³-hybridized carbons (Fsp3) is 0.600. The summed E-state index contributed by atoms with van der Waals surface area (Å²) < 4.78 is 32.6. The molecule has 1 aromatic rings. The Morgan fingerprint density at radius 2 is 2.16 bits per heavy atom. The molecule has 2 rings (SSSR count). The van der Waals surface area contributed by atoms with Crippen molar-refractivity contribution < 1.29 is 13.5 Å². The Bertz CT molecular complexity index is 423. The summed E-state index contributed by atoms with van der Waals surface area (Å²) >= 11 is 0. The van der Waals surface area contributed by atoms with Crippen LogP contribution in [-0.4, -0.2) is 19.2 Å². The maximum absolute atomic E-state index is 13.9. The molecule has 1 saturated heterocycles. The van der Waals surface area contributed by atoms with Crippen molar-refractivity contribution in [1.29, 1.82) is 0 Å². The standard InChI is InChI=1S/C15H21F2NO/c1-10(2)18-9-11-4-3-7-19-15(11)13-6-5-12(16)8-14(13)17/h5-6,8,10-11,15,18H,3-4,7,9H2,1-2H3. The number of benzene rings is 1. The molecule has 19 heavy (non-hydrogen) atoms. The number of rotatable bonds is 4. The first kappa shape index (κ1) is 14.4. The fourth-order valence-corrected chi connectivity index (χ4v) is 2.52. The van der Waals surface area contributed by atoms with Gasteiger partial charge in [0.15, 0.2) is 0 Å². The van der Waals surface area contributed by atoms with Crippen LogP contribution in [0.25, 0.3) is 0 Å². The third kappa shape index (κ3) is 3.74. The zero-order chi connectivity index (χ0) is 13.8. The van der Waals surface area contributed by atoms with Gasteiger partial charge in [0.1, 0.15) is 11.6 Å². The van der Waals surface area contributed by atoms with Crippen LogP contribution in [0.15, 0.2) is 18.2 Å². The Balaban J connectivity index is 2.14. The van der Waals surface area contributed by atoms with E-state index in [1.165, 1.54) is 12.1 Å². The van der Waals surface area contributed by atoms with Gasteiger partial charge in [0.05, 0.1) is 6.10 Å². The third-order valence-electron chi connectivity index (χ3n) is 3.50. The summed E-state index contributed by atoms with van der Waals surface area (Å²) in [6.07, 6.45) is 1.71. The zero-order valence-corrected chi connectivity index (χ0v) is 11.5. The fourth-order valence-electron chi connectivity index (χ4n) is 2.52. The van der Waals surface area contributed by atoms with Crippen LogP contribution in [0.4, 0.5) is 8.78 Å². The molecule has 1 fully saturated rings. The molecule has 0 radical (unpaired) electrons. The summed E-state index contributed by atoms with van der Waals surface area (Å²) in [6.45, 7) is 5.59. The van der Waals surface area contributed by atoms with Crippen molar-refractivity contribution in [3.8, 4) is 0 Å². The lowest BCUT2D eigenvalue weighted by molar-refractivity contribution is -0.0301. The molecule has 1 aliphatic rings.